The van der Waals surface area contributed by atoms with Gasteiger partial charge in [-0.2, -0.15) is 0 Å². The third-order valence-corrected chi connectivity index (χ3v) is 2.70. The second kappa shape index (κ2) is 8.32. The summed E-state index contributed by atoms with van der Waals surface area (Å²) in [5.41, 5.74) is 0. The van der Waals surface area contributed by atoms with E-state index in [9.17, 15) is 4.79 Å². The molecule has 0 aliphatic heterocycles. The highest BCUT2D eigenvalue weighted by molar-refractivity contribution is 5.81. The van der Waals surface area contributed by atoms with Gasteiger partial charge in [-0.3, -0.25) is 4.79 Å². The second-order valence-electron chi connectivity index (χ2n) is 4.12. The molecule has 0 bridgehead atoms. The van der Waals surface area contributed by atoms with Crippen LogP contribution in [0.1, 0.15) is 13.3 Å². The van der Waals surface area contributed by atoms with E-state index in [1.165, 1.54) is 0 Å². The lowest BCUT2D eigenvalue weighted by Gasteiger charge is -2.25. The van der Waals surface area contributed by atoms with Gasteiger partial charge in [0.1, 0.15) is 5.75 Å². The Bertz CT molecular complexity index is 392. The average molecular weight is 263 g/mol. The van der Waals surface area contributed by atoms with Gasteiger partial charge in [0.25, 0.3) is 5.91 Å². The normalized spacial score (nSPS) is 11.7. The van der Waals surface area contributed by atoms with E-state index in [0.29, 0.717) is 25.3 Å². The minimum atomic E-state index is -0.533. The molecule has 4 heteroatoms. The summed E-state index contributed by atoms with van der Waals surface area (Å²) in [7, 11) is 0. The molecule has 0 aliphatic rings. The molecule has 1 aromatic carbocycles. The molecule has 0 spiro atoms. The van der Waals surface area contributed by atoms with Crippen molar-refractivity contribution in [1.82, 2.24) is 4.90 Å². The summed E-state index contributed by atoms with van der Waals surface area (Å²) in [4.78, 5) is 13.8. The van der Waals surface area contributed by atoms with Crippen LogP contribution in [0.5, 0.6) is 5.75 Å². The van der Waals surface area contributed by atoms with Crippen LogP contribution in [-0.2, 0) is 4.79 Å². The number of rotatable bonds is 8. The maximum atomic E-state index is 12.3. The number of para-hydroxylation sites is 1. The number of aliphatic hydroxyl groups excluding tert-OH is 1. The van der Waals surface area contributed by atoms with Gasteiger partial charge in [0.05, 0.1) is 6.61 Å². The predicted molar refractivity (Wildman–Crippen MR) is 75.0 cm³/mol. The van der Waals surface area contributed by atoms with E-state index in [1.54, 1.807) is 11.0 Å². The van der Waals surface area contributed by atoms with Crippen molar-refractivity contribution < 1.29 is 14.6 Å². The lowest BCUT2D eigenvalue weighted by molar-refractivity contribution is -0.138. The maximum Gasteiger partial charge on any atom is 0.263 e. The third kappa shape index (κ3) is 4.75. The standard InChI is InChI=1S/C15H21NO3/c1-3-10-16(11-12-17)15(18)14(4-2)19-13-8-6-5-7-9-13/h3,5-9,14,17H,1,4,10-12H2,2H3. The second-order valence-corrected chi connectivity index (χ2v) is 4.12. The summed E-state index contributed by atoms with van der Waals surface area (Å²) in [6, 6.07) is 9.26. The minimum absolute atomic E-state index is 0.0681. The van der Waals surface area contributed by atoms with Gasteiger partial charge < -0.3 is 14.7 Å². The van der Waals surface area contributed by atoms with Crippen molar-refractivity contribution in [3.63, 3.8) is 0 Å². The van der Waals surface area contributed by atoms with Gasteiger partial charge in [-0.05, 0) is 18.6 Å². The molecule has 0 aliphatic carbocycles. The molecule has 0 radical (unpaired) electrons. The molecule has 19 heavy (non-hydrogen) atoms. The highest BCUT2D eigenvalue weighted by Gasteiger charge is 2.23. The van der Waals surface area contributed by atoms with Gasteiger partial charge >= 0.3 is 0 Å². The van der Waals surface area contributed by atoms with E-state index in [2.05, 4.69) is 6.58 Å². The Kier molecular flexibility index (Phi) is 6.68. The fourth-order valence-corrected chi connectivity index (χ4v) is 1.74. The van der Waals surface area contributed by atoms with Gasteiger partial charge in [-0.15, -0.1) is 6.58 Å². The topological polar surface area (TPSA) is 49.8 Å². The fourth-order valence-electron chi connectivity index (χ4n) is 1.74. The summed E-state index contributed by atoms with van der Waals surface area (Å²) >= 11 is 0. The van der Waals surface area contributed by atoms with Crippen molar-refractivity contribution in [2.75, 3.05) is 19.7 Å². The molecule has 1 unspecified atom stereocenters. The van der Waals surface area contributed by atoms with Crippen molar-refractivity contribution in [3.8, 4) is 5.75 Å². The summed E-state index contributed by atoms with van der Waals surface area (Å²) < 4.78 is 5.69. The molecule has 104 valence electrons. The first-order chi connectivity index (χ1) is 9.22. The smallest absolute Gasteiger partial charge is 0.263 e. The number of aliphatic hydroxyl groups is 1. The molecule has 0 aromatic heterocycles. The molecule has 0 saturated carbocycles. The lowest BCUT2D eigenvalue weighted by Crippen LogP contribution is -2.43. The fraction of sp³-hybridized carbons (Fsp3) is 0.400. The molecule has 0 fully saturated rings. The first-order valence-corrected chi connectivity index (χ1v) is 6.45. The highest BCUT2D eigenvalue weighted by Crippen LogP contribution is 2.14. The van der Waals surface area contributed by atoms with E-state index in [1.807, 2.05) is 37.3 Å². The average Bonchev–Trinajstić information content (AvgIpc) is 2.45. The predicted octanol–water partition coefficient (Wildman–Crippen LogP) is 1.85. The third-order valence-electron chi connectivity index (χ3n) is 2.70. The van der Waals surface area contributed by atoms with Crippen molar-refractivity contribution in [1.29, 1.82) is 0 Å². The monoisotopic (exact) mass is 263 g/mol. The zero-order valence-electron chi connectivity index (χ0n) is 11.3. The number of ether oxygens (including phenoxy) is 1. The molecule has 1 amide bonds. The summed E-state index contributed by atoms with van der Waals surface area (Å²) in [5.74, 6) is 0.547. The molecule has 1 aromatic rings. The molecule has 1 rings (SSSR count). The number of carbonyl (C=O) groups excluding carboxylic acids is 1. The van der Waals surface area contributed by atoms with Crippen LogP contribution in [0.4, 0.5) is 0 Å². The Balaban J connectivity index is 2.71. The number of amides is 1. The van der Waals surface area contributed by atoms with Gasteiger partial charge in [0, 0.05) is 13.1 Å². The number of nitrogens with zero attached hydrogens (tertiary/aromatic N) is 1. The highest BCUT2D eigenvalue weighted by atomic mass is 16.5. The van der Waals surface area contributed by atoms with Gasteiger partial charge in [-0.1, -0.05) is 31.2 Å². The molecule has 1 atom stereocenters. The van der Waals surface area contributed by atoms with Crippen LogP contribution in [0.2, 0.25) is 0 Å². The minimum Gasteiger partial charge on any atom is -0.481 e. The first kappa shape index (κ1) is 15.2. The molecule has 0 saturated heterocycles. The van der Waals surface area contributed by atoms with Crippen LogP contribution < -0.4 is 4.74 Å². The van der Waals surface area contributed by atoms with Crippen molar-refractivity contribution in [3.05, 3.63) is 43.0 Å². The Morgan fingerprint density at radius 3 is 2.68 bits per heavy atom. The van der Waals surface area contributed by atoms with E-state index < -0.39 is 6.10 Å². The van der Waals surface area contributed by atoms with Gasteiger partial charge in [0.2, 0.25) is 0 Å². The summed E-state index contributed by atoms with van der Waals surface area (Å²) in [5, 5.41) is 8.99. The zero-order chi connectivity index (χ0) is 14.1. The molecule has 4 nitrogen and oxygen atoms in total. The van der Waals surface area contributed by atoms with Crippen molar-refractivity contribution >= 4 is 5.91 Å². The van der Waals surface area contributed by atoms with Crippen molar-refractivity contribution in [2.24, 2.45) is 0 Å². The summed E-state index contributed by atoms with van der Waals surface area (Å²) in [6.07, 6.45) is 1.68. The van der Waals surface area contributed by atoms with Crippen LogP contribution in [0.25, 0.3) is 0 Å². The lowest BCUT2D eigenvalue weighted by atomic mass is 10.2. The zero-order valence-corrected chi connectivity index (χ0v) is 11.3. The van der Waals surface area contributed by atoms with Gasteiger partial charge in [-0.25, -0.2) is 0 Å². The van der Waals surface area contributed by atoms with E-state index >= 15 is 0 Å². The van der Waals surface area contributed by atoms with E-state index in [4.69, 9.17) is 9.84 Å². The number of hydrogen-bond donors (Lipinski definition) is 1. The van der Waals surface area contributed by atoms with Crippen LogP contribution >= 0.6 is 0 Å². The van der Waals surface area contributed by atoms with E-state index in [-0.39, 0.29) is 12.5 Å². The van der Waals surface area contributed by atoms with Crippen LogP contribution in [0.15, 0.2) is 43.0 Å². The quantitative estimate of drug-likeness (QED) is 0.728. The molecule has 0 heterocycles. The van der Waals surface area contributed by atoms with Gasteiger partial charge in [0.15, 0.2) is 6.10 Å². The SMILES string of the molecule is C=CCN(CCO)C(=O)C(CC)Oc1ccccc1. The first-order valence-electron chi connectivity index (χ1n) is 6.45. The molecular formula is C15H21NO3. The number of hydrogen-bond acceptors (Lipinski definition) is 3. The number of benzene rings is 1. The molecule has 1 N–H and O–H groups in total. The molecular weight excluding hydrogens is 242 g/mol. The van der Waals surface area contributed by atoms with Crippen molar-refractivity contribution in [2.45, 2.75) is 19.4 Å². The summed E-state index contributed by atoms with van der Waals surface area (Å²) in [6.45, 7) is 6.15. The maximum absolute atomic E-state index is 12.3. The Morgan fingerprint density at radius 1 is 1.47 bits per heavy atom. The van der Waals surface area contributed by atoms with E-state index in [0.717, 1.165) is 0 Å². The Morgan fingerprint density at radius 2 is 2.16 bits per heavy atom. The van der Waals surface area contributed by atoms with Crippen LogP contribution in [0, 0.1) is 0 Å². The van der Waals surface area contributed by atoms with Crippen LogP contribution in [0.3, 0.4) is 0 Å². The Labute approximate surface area is 114 Å². The number of carbonyl (C=O) groups is 1. The largest absolute Gasteiger partial charge is 0.481 e. The van der Waals surface area contributed by atoms with Crippen LogP contribution in [-0.4, -0.2) is 41.7 Å². The Hall–Kier alpha value is -1.81.